The maximum Gasteiger partial charge on any atom is 0.309 e. The second-order valence-corrected chi connectivity index (χ2v) is 10.9. The summed E-state index contributed by atoms with van der Waals surface area (Å²) in [5.74, 6) is 1.76. The summed E-state index contributed by atoms with van der Waals surface area (Å²) < 4.78 is 7.25. The van der Waals surface area contributed by atoms with Gasteiger partial charge in [-0.25, -0.2) is 9.97 Å². The summed E-state index contributed by atoms with van der Waals surface area (Å²) in [5, 5.41) is 4.30. The van der Waals surface area contributed by atoms with E-state index in [0.717, 1.165) is 42.8 Å². The number of anilines is 1. The lowest BCUT2D eigenvalue weighted by atomic mass is 10.1. The number of aromatic nitrogens is 4. The first-order valence-corrected chi connectivity index (χ1v) is 13.8. The monoisotopic (exact) mass is 554 g/mol. The van der Waals surface area contributed by atoms with Crippen LogP contribution < -0.4 is 5.32 Å². The molecule has 1 amide bonds. The van der Waals surface area contributed by atoms with E-state index < -0.39 is 0 Å². The Bertz CT molecular complexity index is 1410. The van der Waals surface area contributed by atoms with Crippen molar-refractivity contribution in [2.45, 2.75) is 45.1 Å². The summed E-state index contributed by atoms with van der Waals surface area (Å²) in [4.78, 5) is 41.1. The smallest absolute Gasteiger partial charge is 0.309 e. The van der Waals surface area contributed by atoms with Crippen molar-refractivity contribution < 1.29 is 14.3 Å². The Morgan fingerprint density at radius 3 is 2.68 bits per heavy atom. The van der Waals surface area contributed by atoms with Gasteiger partial charge in [-0.1, -0.05) is 23.2 Å². The normalized spacial score (nSPS) is 20.4. The topological polar surface area (TPSA) is 102 Å². The maximum atomic E-state index is 12.5. The second-order valence-electron chi connectivity index (χ2n) is 10.1. The van der Waals surface area contributed by atoms with Gasteiger partial charge < -0.3 is 15.0 Å². The van der Waals surface area contributed by atoms with Crippen LogP contribution in [0.15, 0.2) is 30.5 Å². The number of hydrogen-bond donors (Lipinski definition) is 1. The van der Waals surface area contributed by atoms with Gasteiger partial charge in [-0.05, 0) is 50.5 Å². The van der Waals surface area contributed by atoms with Gasteiger partial charge in [0.15, 0.2) is 0 Å². The quantitative estimate of drug-likeness (QED) is 0.433. The molecule has 1 aromatic carbocycles. The highest BCUT2D eigenvalue weighted by Crippen LogP contribution is 2.36. The van der Waals surface area contributed by atoms with E-state index in [4.69, 9.17) is 37.9 Å². The molecule has 6 rings (SSSR count). The van der Waals surface area contributed by atoms with Gasteiger partial charge in [-0.3, -0.25) is 14.2 Å². The third-order valence-corrected chi connectivity index (χ3v) is 8.10. The first kappa shape index (κ1) is 25.1. The molecule has 2 fully saturated rings. The molecule has 1 saturated carbocycles. The minimum Gasteiger partial charge on any atom is -0.466 e. The van der Waals surface area contributed by atoms with Gasteiger partial charge in [-0.15, -0.1) is 0 Å². The van der Waals surface area contributed by atoms with Gasteiger partial charge in [0.1, 0.15) is 11.6 Å². The molecule has 0 spiro atoms. The van der Waals surface area contributed by atoms with Crippen LogP contribution in [-0.2, 0) is 27.2 Å². The van der Waals surface area contributed by atoms with Crippen molar-refractivity contribution in [1.29, 1.82) is 0 Å². The van der Waals surface area contributed by atoms with Crippen molar-refractivity contribution >= 4 is 41.0 Å². The average Bonchev–Trinajstić information content (AvgIpc) is 3.34. The number of carbonyl (C=O) groups excluding carboxylic acids is 2. The van der Waals surface area contributed by atoms with Crippen LogP contribution in [0.2, 0.25) is 10.0 Å². The number of hydrogen-bond acceptors (Lipinski definition) is 7. The third-order valence-electron chi connectivity index (χ3n) is 7.36. The Morgan fingerprint density at radius 1 is 1.08 bits per heavy atom. The van der Waals surface area contributed by atoms with Crippen molar-refractivity contribution in [3.63, 3.8) is 0 Å². The van der Waals surface area contributed by atoms with Gasteiger partial charge in [0.2, 0.25) is 11.9 Å². The average molecular weight is 555 g/mol. The Labute approximate surface area is 230 Å². The van der Waals surface area contributed by atoms with Crippen molar-refractivity contribution in [3.8, 4) is 17.2 Å². The van der Waals surface area contributed by atoms with Gasteiger partial charge in [0.25, 0.3) is 0 Å². The first-order valence-electron chi connectivity index (χ1n) is 13.0. The molecule has 1 saturated heterocycles. The number of esters is 1. The van der Waals surface area contributed by atoms with Gasteiger partial charge in [0, 0.05) is 55.3 Å². The molecule has 2 atom stereocenters. The Hall–Kier alpha value is -3.17. The van der Waals surface area contributed by atoms with Crippen LogP contribution in [0, 0.1) is 11.8 Å². The fourth-order valence-electron chi connectivity index (χ4n) is 5.31. The molecule has 2 aliphatic carbocycles. The summed E-state index contributed by atoms with van der Waals surface area (Å²) in [6.45, 7) is 3.55. The number of rotatable bonds is 7. The molecule has 198 valence electrons. The Balaban J connectivity index is 1.31. The zero-order valence-corrected chi connectivity index (χ0v) is 22.5. The van der Waals surface area contributed by atoms with Crippen LogP contribution in [0.3, 0.4) is 0 Å². The first-order chi connectivity index (χ1) is 18.4. The molecule has 1 N–H and O–H groups in total. The number of fused-ring (bicyclic) bond motifs is 1. The van der Waals surface area contributed by atoms with Gasteiger partial charge in [0.05, 0.1) is 28.3 Å². The summed E-state index contributed by atoms with van der Waals surface area (Å²) in [5.41, 5.74) is 2.54. The van der Waals surface area contributed by atoms with Gasteiger partial charge >= 0.3 is 5.97 Å². The minimum absolute atomic E-state index is 0.0872. The predicted molar refractivity (Wildman–Crippen MR) is 143 cm³/mol. The fraction of sp³-hybridized carbons (Fsp3) is 0.444. The van der Waals surface area contributed by atoms with E-state index in [0.29, 0.717) is 53.6 Å². The largest absolute Gasteiger partial charge is 0.466 e. The molecule has 9 nitrogen and oxygen atoms in total. The summed E-state index contributed by atoms with van der Waals surface area (Å²) >= 11 is 12.5. The number of likely N-dealkylation sites (tertiary alicyclic amines) is 1. The molecule has 11 heteroatoms. The minimum atomic E-state index is -0.283. The second kappa shape index (κ2) is 10.2. The van der Waals surface area contributed by atoms with E-state index in [1.165, 1.54) is 0 Å². The molecule has 1 unspecified atom stereocenters. The summed E-state index contributed by atoms with van der Waals surface area (Å²) in [6, 6.07) is 7.31. The molecule has 1 aliphatic heterocycles. The van der Waals surface area contributed by atoms with E-state index in [9.17, 15) is 9.59 Å². The summed E-state index contributed by atoms with van der Waals surface area (Å²) in [6.07, 6.45) is 5.56. The molecule has 2 aromatic heterocycles. The molecule has 38 heavy (non-hydrogen) atoms. The van der Waals surface area contributed by atoms with Crippen molar-refractivity contribution in [3.05, 3.63) is 51.9 Å². The molecule has 3 aromatic rings. The van der Waals surface area contributed by atoms with E-state index in [2.05, 4.69) is 10.3 Å². The number of benzene rings is 1. The van der Waals surface area contributed by atoms with Crippen molar-refractivity contribution in [1.82, 2.24) is 24.4 Å². The maximum absolute atomic E-state index is 12.5. The van der Waals surface area contributed by atoms with E-state index in [1.807, 2.05) is 28.5 Å². The van der Waals surface area contributed by atoms with Crippen LogP contribution in [0.4, 0.5) is 5.95 Å². The SMILES string of the molecule is CCOC(=O)C1Cc2nc(-c3ccc(Cl)c(Cl)c3)n(-c3ccnc(N[C@@H]4CCN(C(=O)C5CC5)C4)n3)c2C1. The Morgan fingerprint density at radius 2 is 1.92 bits per heavy atom. The third kappa shape index (κ3) is 4.85. The molecular weight excluding hydrogens is 527 g/mol. The lowest BCUT2D eigenvalue weighted by molar-refractivity contribution is -0.147. The molecule has 3 aliphatic rings. The van der Waals surface area contributed by atoms with Crippen molar-refractivity contribution in [2.75, 3.05) is 25.0 Å². The molecule has 0 radical (unpaired) electrons. The zero-order chi connectivity index (χ0) is 26.4. The van der Waals surface area contributed by atoms with Crippen LogP contribution in [-0.4, -0.2) is 62.0 Å². The lowest BCUT2D eigenvalue weighted by Gasteiger charge is -2.17. The van der Waals surface area contributed by atoms with E-state index >= 15 is 0 Å². The number of ether oxygens (including phenoxy) is 1. The number of nitrogens with one attached hydrogen (secondary N) is 1. The van der Waals surface area contributed by atoms with E-state index in [1.54, 1.807) is 18.3 Å². The lowest BCUT2D eigenvalue weighted by Crippen LogP contribution is -2.32. The van der Waals surface area contributed by atoms with Crippen LogP contribution in [0.5, 0.6) is 0 Å². The van der Waals surface area contributed by atoms with Crippen LogP contribution in [0.1, 0.15) is 37.6 Å². The van der Waals surface area contributed by atoms with Crippen molar-refractivity contribution in [2.24, 2.45) is 11.8 Å². The standard InChI is InChI=1S/C27H28Cl2N6O3/c1-2-38-26(37)17-12-21-22(13-17)35(24(32-21)16-5-6-19(28)20(29)11-16)23-7-9-30-27(33-23)31-18-8-10-34(14-18)25(36)15-3-4-15/h5-7,9,11,15,17-18H,2-4,8,10,12-14H2,1H3,(H,30,31,33)/t17?,18-/m1/s1. The fourth-order valence-corrected chi connectivity index (χ4v) is 5.60. The van der Waals surface area contributed by atoms with E-state index in [-0.39, 0.29) is 29.8 Å². The number of imidazole rings is 1. The highest BCUT2D eigenvalue weighted by Gasteiger charge is 2.37. The summed E-state index contributed by atoms with van der Waals surface area (Å²) in [7, 11) is 0. The van der Waals surface area contributed by atoms with Crippen LogP contribution in [0.25, 0.3) is 17.2 Å². The highest BCUT2D eigenvalue weighted by molar-refractivity contribution is 6.42. The molecular formula is C27H28Cl2N6O3. The van der Waals surface area contributed by atoms with Crippen LogP contribution >= 0.6 is 23.2 Å². The number of amides is 1. The highest BCUT2D eigenvalue weighted by atomic mass is 35.5. The number of halogens is 2. The molecule has 3 heterocycles. The predicted octanol–water partition coefficient (Wildman–Crippen LogP) is 4.34. The Kier molecular flexibility index (Phi) is 6.74. The van der Waals surface area contributed by atoms with Gasteiger partial charge in [-0.2, -0.15) is 4.98 Å². The zero-order valence-electron chi connectivity index (χ0n) is 21.0. The number of nitrogens with zero attached hydrogens (tertiary/aromatic N) is 5. The number of carbonyl (C=O) groups is 2. The molecule has 0 bridgehead atoms.